The molecule has 0 radical (unpaired) electrons. The highest BCUT2D eigenvalue weighted by atomic mass is 35.5. The van der Waals surface area contributed by atoms with E-state index in [9.17, 15) is 13.2 Å². The molecule has 7 heteroatoms. The third-order valence-corrected chi connectivity index (χ3v) is 5.11. The first-order chi connectivity index (χ1) is 12.4. The van der Waals surface area contributed by atoms with Gasteiger partial charge in [0.2, 0.25) is 0 Å². The van der Waals surface area contributed by atoms with Crippen molar-refractivity contribution in [2.45, 2.75) is 12.6 Å². The number of alkyl halides is 3. The Balaban J connectivity index is 1.99. The normalized spacial score (nSPS) is 12.0. The van der Waals surface area contributed by atoms with E-state index in [1.807, 2.05) is 47.2 Å². The highest BCUT2D eigenvalue weighted by Gasteiger charge is 2.32. The predicted molar refractivity (Wildman–Crippen MR) is 97.8 cm³/mol. The molecule has 3 heterocycles. The minimum absolute atomic E-state index is 0.0198. The molecule has 132 valence electrons. The Morgan fingerprint density at radius 1 is 1.12 bits per heavy atom. The second-order valence-electron chi connectivity index (χ2n) is 5.85. The molecule has 3 aromatic heterocycles. The number of pyridine rings is 1. The van der Waals surface area contributed by atoms with Gasteiger partial charge in [0.05, 0.1) is 22.0 Å². The van der Waals surface area contributed by atoms with Gasteiger partial charge in [0, 0.05) is 18.2 Å². The van der Waals surface area contributed by atoms with Crippen LogP contribution in [-0.2, 0) is 12.6 Å². The van der Waals surface area contributed by atoms with Gasteiger partial charge in [0.15, 0.2) is 5.65 Å². The molecule has 4 rings (SSSR count). The summed E-state index contributed by atoms with van der Waals surface area (Å²) >= 11 is 7.68. The number of halogens is 4. The van der Waals surface area contributed by atoms with Gasteiger partial charge in [-0.05, 0) is 28.5 Å². The van der Waals surface area contributed by atoms with Crippen molar-refractivity contribution < 1.29 is 13.2 Å². The van der Waals surface area contributed by atoms with Crippen molar-refractivity contribution in [1.29, 1.82) is 0 Å². The lowest BCUT2D eigenvalue weighted by Crippen LogP contribution is -2.07. The third kappa shape index (κ3) is 3.10. The molecule has 1 aromatic carbocycles. The zero-order valence-electron chi connectivity index (χ0n) is 13.3. The zero-order valence-corrected chi connectivity index (χ0v) is 14.9. The van der Waals surface area contributed by atoms with Gasteiger partial charge in [0.1, 0.15) is 0 Å². The summed E-state index contributed by atoms with van der Waals surface area (Å²) in [5, 5.41) is 3.90. The van der Waals surface area contributed by atoms with Crippen LogP contribution in [0.2, 0.25) is 5.02 Å². The zero-order chi connectivity index (χ0) is 18.3. The number of imidazole rings is 1. The molecule has 0 saturated carbocycles. The molecule has 0 fully saturated rings. The summed E-state index contributed by atoms with van der Waals surface area (Å²) in [7, 11) is 0. The third-order valence-electron chi connectivity index (χ3n) is 4.10. The van der Waals surface area contributed by atoms with Gasteiger partial charge in [-0.15, -0.1) is 0 Å². The van der Waals surface area contributed by atoms with Crippen molar-refractivity contribution in [2.75, 3.05) is 0 Å². The van der Waals surface area contributed by atoms with Gasteiger partial charge in [-0.3, -0.25) is 0 Å². The van der Waals surface area contributed by atoms with E-state index in [0.717, 1.165) is 23.4 Å². The predicted octanol–water partition coefficient (Wildman–Crippen LogP) is 6.33. The molecule has 0 atom stereocenters. The van der Waals surface area contributed by atoms with E-state index in [2.05, 4.69) is 4.98 Å². The number of benzene rings is 1. The smallest absolute Gasteiger partial charge is 0.301 e. The van der Waals surface area contributed by atoms with Crippen molar-refractivity contribution in [3.8, 4) is 11.3 Å². The Morgan fingerprint density at radius 2 is 1.88 bits per heavy atom. The molecule has 0 aliphatic rings. The highest BCUT2D eigenvalue weighted by Crippen LogP contribution is 2.35. The van der Waals surface area contributed by atoms with Gasteiger partial charge in [-0.2, -0.15) is 24.5 Å². The number of hydrogen-bond donors (Lipinski definition) is 0. The maximum atomic E-state index is 13.2. The van der Waals surface area contributed by atoms with Crippen molar-refractivity contribution in [2.24, 2.45) is 0 Å². The first-order valence-corrected chi connectivity index (χ1v) is 9.10. The highest BCUT2D eigenvalue weighted by molar-refractivity contribution is 7.07. The van der Waals surface area contributed by atoms with Crippen LogP contribution >= 0.6 is 22.9 Å². The van der Waals surface area contributed by atoms with Gasteiger partial charge in [0.25, 0.3) is 0 Å². The van der Waals surface area contributed by atoms with Gasteiger partial charge < -0.3 is 4.40 Å². The maximum Gasteiger partial charge on any atom is 0.417 e. The maximum absolute atomic E-state index is 13.2. The summed E-state index contributed by atoms with van der Waals surface area (Å²) in [5.74, 6) is 0. The standard InChI is InChI=1S/C19H12ClF3N2S/c20-15-9-14(19(21,22)23)10-25-16(8-12-6-7-26-11-12)17(24-18(15)25)13-4-2-1-3-5-13/h1-7,9-11H,8H2. The molecular weight excluding hydrogens is 381 g/mol. The molecule has 0 N–H and O–H groups in total. The monoisotopic (exact) mass is 392 g/mol. The van der Waals surface area contributed by atoms with Crippen LogP contribution in [-0.4, -0.2) is 9.38 Å². The fourth-order valence-electron chi connectivity index (χ4n) is 2.89. The number of thiophene rings is 1. The Labute approximate surface area is 156 Å². The van der Waals surface area contributed by atoms with Crippen LogP contribution in [0.5, 0.6) is 0 Å². The van der Waals surface area contributed by atoms with E-state index in [1.165, 1.54) is 4.40 Å². The molecule has 0 amide bonds. The van der Waals surface area contributed by atoms with Crippen LogP contribution in [0.3, 0.4) is 0 Å². The lowest BCUT2D eigenvalue weighted by molar-refractivity contribution is -0.137. The van der Waals surface area contributed by atoms with E-state index >= 15 is 0 Å². The van der Waals surface area contributed by atoms with Gasteiger partial charge in [-0.25, -0.2) is 4.98 Å². The van der Waals surface area contributed by atoms with Crippen LogP contribution < -0.4 is 0 Å². The Hall–Kier alpha value is -2.31. The Bertz CT molecular complexity index is 1050. The molecule has 0 bridgehead atoms. The second kappa shape index (κ2) is 6.45. The van der Waals surface area contributed by atoms with Crippen LogP contribution in [0.4, 0.5) is 13.2 Å². The summed E-state index contributed by atoms with van der Waals surface area (Å²) in [6, 6.07) is 12.3. The molecule has 2 nitrogen and oxygen atoms in total. The molecular formula is C19H12ClF3N2S. The van der Waals surface area contributed by atoms with Gasteiger partial charge >= 0.3 is 6.18 Å². The quantitative estimate of drug-likeness (QED) is 0.398. The number of aromatic nitrogens is 2. The second-order valence-corrected chi connectivity index (χ2v) is 7.04. The molecule has 0 aliphatic carbocycles. The van der Waals surface area contributed by atoms with Crippen molar-refractivity contribution >= 4 is 28.6 Å². The topological polar surface area (TPSA) is 17.3 Å². The van der Waals surface area contributed by atoms with E-state index in [1.54, 1.807) is 11.3 Å². The summed E-state index contributed by atoms with van der Waals surface area (Å²) in [4.78, 5) is 4.55. The Morgan fingerprint density at radius 3 is 2.54 bits per heavy atom. The number of nitrogens with zero attached hydrogens (tertiary/aromatic N) is 2. The molecule has 26 heavy (non-hydrogen) atoms. The molecule has 0 aliphatic heterocycles. The fraction of sp³-hybridized carbons (Fsp3) is 0.105. The van der Waals surface area contributed by atoms with Crippen molar-refractivity contribution in [3.63, 3.8) is 0 Å². The first kappa shape index (κ1) is 17.1. The lowest BCUT2D eigenvalue weighted by Gasteiger charge is -2.10. The van der Waals surface area contributed by atoms with Crippen molar-refractivity contribution in [1.82, 2.24) is 9.38 Å². The van der Waals surface area contributed by atoms with Crippen LogP contribution in [0, 0.1) is 0 Å². The van der Waals surface area contributed by atoms with E-state index in [-0.39, 0.29) is 5.02 Å². The summed E-state index contributed by atoms with van der Waals surface area (Å²) in [5.41, 5.74) is 2.70. The van der Waals surface area contributed by atoms with E-state index in [4.69, 9.17) is 11.6 Å². The molecule has 0 saturated heterocycles. The van der Waals surface area contributed by atoms with Gasteiger partial charge in [-0.1, -0.05) is 41.9 Å². The molecule has 0 unspecified atom stereocenters. The SMILES string of the molecule is FC(F)(F)c1cc(Cl)c2nc(-c3ccccc3)c(Cc3ccsc3)n2c1. The number of hydrogen-bond acceptors (Lipinski definition) is 2. The summed E-state index contributed by atoms with van der Waals surface area (Å²) in [6.07, 6.45) is -2.94. The fourth-order valence-corrected chi connectivity index (χ4v) is 3.81. The molecule has 4 aromatic rings. The largest absolute Gasteiger partial charge is 0.417 e. The van der Waals surface area contributed by atoms with Crippen LogP contribution in [0.15, 0.2) is 59.4 Å². The summed E-state index contributed by atoms with van der Waals surface area (Å²) < 4.78 is 41.2. The lowest BCUT2D eigenvalue weighted by atomic mass is 10.1. The van der Waals surface area contributed by atoms with E-state index < -0.39 is 11.7 Å². The van der Waals surface area contributed by atoms with Crippen molar-refractivity contribution in [3.05, 3.63) is 81.3 Å². The van der Waals surface area contributed by atoms with Crippen LogP contribution in [0.25, 0.3) is 16.9 Å². The Kier molecular flexibility index (Phi) is 4.25. The number of fused-ring (bicyclic) bond motifs is 1. The minimum atomic E-state index is -4.48. The summed E-state index contributed by atoms with van der Waals surface area (Å²) in [6.45, 7) is 0. The average Bonchev–Trinajstić information content (AvgIpc) is 3.24. The first-order valence-electron chi connectivity index (χ1n) is 7.77. The average molecular weight is 393 g/mol. The molecule has 0 spiro atoms. The van der Waals surface area contributed by atoms with Crippen LogP contribution in [0.1, 0.15) is 16.8 Å². The minimum Gasteiger partial charge on any atom is -0.301 e. The number of rotatable bonds is 3. The van der Waals surface area contributed by atoms with E-state index in [0.29, 0.717) is 23.5 Å².